The predicted octanol–water partition coefficient (Wildman–Crippen LogP) is 0.785. The fourth-order valence-electron chi connectivity index (χ4n) is 1.09. The van der Waals surface area contributed by atoms with Crippen LogP contribution in [0.5, 0.6) is 5.75 Å². The van der Waals surface area contributed by atoms with Gasteiger partial charge in [0.25, 0.3) is 0 Å². The summed E-state index contributed by atoms with van der Waals surface area (Å²) in [5, 5.41) is 0. The van der Waals surface area contributed by atoms with E-state index in [0.717, 1.165) is 0 Å². The van der Waals surface area contributed by atoms with Gasteiger partial charge < -0.3 is 19.9 Å². The summed E-state index contributed by atoms with van der Waals surface area (Å²) >= 11 is 0. The summed E-state index contributed by atoms with van der Waals surface area (Å²) in [5.74, 6) is 0.311. The van der Waals surface area contributed by atoms with E-state index in [1.54, 1.807) is 31.4 Å². The van der Waals surface area contributed by atoms with Gasteiger partial charge in [0.15, 0.2) is 0 Å². The molecule has 1 rings (SSSR count). The van der Waals surface area contributed by atoms with Crippen molar-refractivity contribution in [3.63, 3.8) is 0 Å². The van der Waals surface area contributed by atoms with Gasteiger partial charge >= 0.3 is 5.97 Å². The zero-order valence-corrected chi connectivity index (χ0v) is 9.14. The minimum absolute atomic E-state index is 0.125. The van der Waals surface area contributed by atoms with E-state index in [-0.39, 0.29) is 19.3 Å². The zero-order chi connectivity index (χ0) is 11.8. The highest BCUT2D eigenvalue weighted by atomic mass is 16.6. The third-order valence-electron chi connectivity index (χ3n) is 1.90. The van der Waals surface area contributed by atoms with Crippen molar-refractivity contribution in [1.29, 1.82) is 0 Å². The van der Waals surface area contributed by atoms with Crippen molar-refractivity contribution < 1.29 is 19.0 Å². The molecule has 2 N–H and O–H groups in total. The largest absolute Gasteiger partial charge is 0.497 e. The van der Waals surface area contributed by atoms with Crippen LogP contribution in [0.1, 0.15) is 10.4 Å². The average molecular weight is 225 g/mol. The Kier molecular flexibility index (Phi) is 5.31. The Labute approximate surface area is 94.1 Å². The lowest BCUT2D eigenvalue weighted by Gasteiger charge is -2.05. The predicted molar refractivity (Wildman–Crippen MR) is 58.3 cm³/mol. The van der Waals surface area contributed by atoms with Crippen molar-refractivity contribution in [2.75, 3.05) is 27.1 Å². The van der Waals surface area contributed by atoms with Gasteiger partial charge in [-0.2, -0.15) is 0 Å². The molecule has 16 heavy (non-hydrogen) atoms. The fourth-order valence-corrected chi connectivity index (χ4v) is 1.09. The average Bonchev–Trinajstić information content (AvgIpc) is 2.34. The summed E-state index contributed by atoms with van der Waals surface area (Å²) in [6.45, 7) is 0.626. The van der Waals surface area contributed by atoms with Crippen molar-refractivity contribution in [3.05, 3.63) is 29.8 Å². The molecule has 1 aromatic carbocycles. The zero-order valence-electron chi connectivity index (χ0n) is 9.14. The Morgan fingerprint density at radius 2 is 1.94 bits per heavy atom. The van der Waals surface area contributed by atoms with Gasteiger partial charge in [0.05, 0.1) is 26.0 Å². The van der Waals surface area contributed by atoms with Gasteiger partial charge in [0.2, 0.25) is 0 Å². The smallest absolute Gasteiger partial charge is 0.338 e. The van der Waals surface area contributed by atoms with Gasteiger partial charge in [-0.05, 0) is 24.3 Å². The van der Waals surface area contributed by atoms with E-state index in [9.17, 15) is 4.79 Å². The van der Waals surface area contributed by atoms with Crippen LogP contribution < -0.4 is 10.5 Å². The Bertz CT molecular complexity index is 323. The van der Waals surface area contributed by atoms with Gasteiger partial charge in [0, 0.05) is 0 Å². The highest BCUT2D eigenvalue weighted by molar-refractivity contribution is 5.89. The van der Waals surface area contributed by atoms with Crippen molar-refractivity contribution in [2.45, 2.75) is 0 Å². The second kappa shape index (κ2) is 6.81. The summed E-state index contributed by atoms with van der Waals surface area (Å²) < 4.78 is 14.8. The molecule has 0 bridgehead atoms. The maximum absolute atomic E-state index is 11.5. The molecule has 88 valence electrons. The highest BCUT2D eigenvalue weighted by Crippen LogP contribution is 2.11. The molecule has 0 heterocycles. The molecule has 5 nitrogen and oxygen atoms in total. The lowest BCUT2D eigenvalue weighted by Crippen LogP contribution is -2.13. The third kappa shape index (κ3) is 3.88. The summed E-state index contributed by atoms with van der Waals surface area (Å²) in [6, 6.07) is 6.69. The SMILES string of the molecule is COc1ccc(C(=O)OCCOCN)cc1. The summed E-state index contributed by atoms with van der Waals surface area (Å²) in [5.41, 5.74) is 5.59. The molecule has 0 saturated carbocycles. The first-order valence-corrected chi connectivity index (χ1v) is 4.87. The normalized spacial score (nSPS) is 9.88. The summed E-state index contributed by atoms with van der Waals surface area (Å²) in [4.78, 5) is 11.5. The van der Waals surface area contributed by atoms with Crippen molar-refractivity contribution >= 4 is 5.97 Å². The number of carbonyl (C=O) groups is 1. The van der Waals surface area contributed by atoms with Gasteiger partial charge in [-0.1, -0.05) is 0 Å². The number of ether oxygens (including phenoxy) is 3. The molecule has 0 aliphatic carbocycles. The maximum atomic E-state index is 11.5. The maximum Gasteiger partial charge on any atom is 0.338 e. The van der Waals surface area contributed by atoms with Crippen molar-refractivity contribution in [2.24, 2.45) is 5.73 Å². The van der Waals surface area contributed by atoms with Gasteiger partial charge in [-0.15, -0.1) is 0 Å². The van der Waals surface area contributed by atoms with Crippen LogP contribution in [-0.4, -0.2) is 33.0 Å². The van der Waals surface area contributed by atoms with Crippen LogP contribution in [0, 0.1) is 0 Å². The van der Waals surface area contributed by atoms with Crippen LogP contribution in [0.3, 0.4) is 0 Å². The first kappa shape index (κ1) is 12.5. The van der Waals surface area contributed by atoms with E-state index in [0.29, 0.717) is 17.9 Å². The first-order chi connectivity index (χ1) is 7.77. The van der Waals surface area contributed by atoms with Gasteiger partial charge in [-0.25, -0.2) is 4.79 Å². The molecule has 1 aromatic rings. The molecule has 0 unspecified atom stereocenters. The number of hydrogen-bond donors (Lipinski definition) is 1. The van der Waals surface area contributed by atoms with Crippen LogP contribution in [-0.2, 0) is 9.47 Å². The van der Waals surface area contributed by atoms with Crippen molar-refractivity contribution in [3.8, 4) is 5.75 Å². The molecule has 0 amide bonds. The van der Waals surface area contributed by atoms with E-state index >= 15 is 0 Å². The number of esters is 1. The standard InChI is InChI=1S/C11H15NO4/c1-14-10-4-2-9(3-5-10)11(13)16-7-6-15-8-12/h2-5H,6-8,12H2,1H3. The van der Waals surface area contributed by atoms with Crippen LogP contribution >= 0.6 is 0 Å². The molecule has 5 heteroatoms. The molecule has 0 aliphatic rings. The number of benzene rings is 1. The molecule has 0 saturated heterocycles. The Balaban J connectivity index is 2.40. The number of nitrogens with two attached hydrogens (primary N) is 1. The van der Waals surface area contributed by atoms with E-state index in [1.165, 1.54) is 0 Å². The topological polar surface area (TPSA) is 70.8 Å². The van der Waals surface area contributed by atoms with Crippen LogP contribution in [0.2, 0.25) is 0 Å². The molecule has 0 atom stereocenters. The summed E-state index contributed by atoms with van der Waals surface area (Å²) in [6.07, 6.45) is 0. The molecule has 0 aliphatic heterocycles. The highest BCUT2D eigenvalue weighted by Gasteiger charge is 2.06. The monoisotopic (exact) mass is 225 g/mol. The van der Waals surface area contributed by atoms with E-state index in [2.05, 4.69) is 0 Å². The Morgan fingerprint density at radius 1 is 1.25 bits per heavy atom. The van der Waals surface area contributed by atoms with E-state index in [1.807, 2.05) is 0 Å². The van der Waals surface area contributed by atoms with Crippen LogP contribution in [0.25, 0.3) is 0 Å². The quantitative estimate of drug-likeness (QED) is 0.440. The minimum atomic E-state index is -0.386. The molecule has 0 spiro atoms. The van der Waals surface area contributed by atoms with Gasteiger partial charge in [0.1, 0.15) is 12.4 Å². The number of hydrogen-bond acceptors (Lipinski definition) is 5. The lowest BCUT2D eigenvalue weighted by atomic mass is 10.2. The number of methoxy groups -OCH3 is 1. The molecular formula is C11H15NO4. The minimum Gasteiger partial charge on any atom is -0.497 e. The van der Waals surface area contributed by atoms with E-state index in [4.69, 9.17) is 19.9 Å². The number of carbonyl (C=O) groups excluding carboxylic acids is 1. The summed E-state index contributed by atoms with van der Waals surface area (Å²) in [7, 11) is 1.57. The lowest BCUT2D eigenvalue weighted by molar-refractivity contribution is 0.0326. The van der Waals surface area contributed by atoms with Crippen LogP contribution in [0.15, 0.2) is 24.3 Å². The first-order valence-electron chi connectivity index (χ1n) is 4.87. The molecule has 0 fully saturated rings. The Hall–Kier alpha value is -1.59. The van der Waals surface area contributed by atoms with Crippen molar-refractivity contribution in [1.82, 2.24) is 0 Å². The fraction of sp³-hybridized carbons (Fsp3) is 0.364. The molecular weight excluding hydrogens is 210 g/mol. The Morgan fingerprint density at radius 3 is 2.50 bits per heavy atom. The van der Waals surface area contributed by atoms with E-state index < -0.39 is 0 Å². The second-order valence-corrected chi connectivity index (χ2v) is 2.94. The number of rotatable bonds is 6. The third-order valence-corrected chi connectivity index (χ3v) is 1.90. The van der Waals surface area contributed by atoms with Crippen LogP contribution in [0.4, 0.5) is 0 Å². The molecule has 0 radical (unpaired) electrons. The molecule has 0 aromatic heterocycles. The second-order valence-electron chi connectivity index (χ2n) is 2.94. The van der Waals surface area contributed by atoms with Gasteiger partial charge in [-0.3, -0.25) is 0 Å².